The van der Waals surface area contributed by atoms with Crippen molar-refractivity contribution < 1.29 is 14.3 Å². The lowest BCUT2D eigenvalue weighted by molar-refractivity contribution is -0.123. The number of halogens is 2. The fourth-order valence-corrected chi connectivity index (χ4v) is 3.18. The highest BCUT2D eigenvalue weighted by molar-refractivity contribution is 6.35. The molecular weight excluding hydrogens is 397 g/mol. The number of carbonyl (C=O) groups excluding carboxylic acids is 2. The van der Waals surface area contributed by atoms with Gasteiger partial charge in [0, 0.05) is 21.3 Å². The number of amides is 1. The van der Waals surface area contributed by atoms with Crippen LogP contribution in [0.25, 0.3) is 11.1 Å². The first-order valence-corrected chi connectivity index (χ1v) is 9.32. The molecule has 0 aromatic heterocycles. The van der Waals surface area contributed by atoms with Crippen molar-refractivity contribution in [2.75, 3.05) is 5.32 Å². The van der Waals surface area contributed by atoms with Crippen LogP contribution in [0.5, 0.6) is 0 Å². The summed E-state index contributed by atoms with van der Waals surface area (Å²) >= 11 is 11.8. The number of benzene rings is 3. The van der Waals surface area contributed by atoms with Gasteiger partial charge >= 0.3 is 5.97 Å². The van der Waals surface area contributed by atoms with E-state index in [0.29, 0.717) is 15.7 Å². The zero-order valence-electron chi connectivity index (χ0n) is 15.0. The molecule has 0 heterocycles. The average molecular weight is 414 g/mol. The number of rotatable bonds is 5. The summed E-state index contributed by atoms with van der Waals surface area (Å²) in [7, 11) is 0. The minimum absolute atomic E-state index is 0.182. The molecule has 1 atom stereocenters. The fourth-order valence-electron chi connectivity index (χ4n) is 2.65. The van der Waals surface area contributed by atoms with Crippen LogP contribution < -0.4 is 5.32 Å². The molecule has 0 radical (unpaired) electrons. The number of hydrogen-bond acceptors (Lipinski definition) is 3. The number of para-hydroxylation sites is 1. The van der Waals surface area contributed by atoms with Gasteiger partial charge in [-0.05, 0) is 36.8 Å². The van der Waals surface area contributed by atoms with E-state index in [2.05, 4.69) is 5.32 Å². The van der Waals surface area contributed by atoms with Gasteiger partial charge in [0.25, 0.3) is 5.91 Å². The van der Waals surface area contributed by atoms with Gasteiger partial charge in [0.15, 0.2) is 6.10 Å². The fraction of sp³-hybridized carbons (Fsp3) is 0.0909. The second kappa shape index (κ2) is 8.91. The molecule has 1 amide bonds. The van der Waals surface area contributed by atoms with Crippen LogP contribution >= 0.6 is 23.2 Å². The summed E-state index contributed by atoms with van der Waals surface area (Å²) in [5.74, 6) is -1.12. The molecule has 0 aliphatic heterocycles. The molecule has 28 heavy (non-hydrogen) atoms. The van der Waals surface area contributed by atoms with Crippen molar-refractivity contribution in [2.24, 2.45) is 0 Å². The first kappa shape index (κ1) is 19.9. The lowest BCUT2D eigenvalue weighted by Crippen LogP contribution is -2.30. The van der Waals surface area contributed by atoms with E-state index in [0.717, 1.165) is 11.1 Å². The van der Waals surface area contributed by atoms with E-state index in [1.165, 1.54) is 25.1 Å². The molecule has 4 nitrogen and oxygen atoms in total. The maximum absolute atomic E-state index is 12.6. The Labute approximate surface area is 173 Å². The summed E-state index contributed by atoms with van der Waals surface area (Å²) in [5.41, 5.74) is 2.66. The van der Waals surface area contributed by atoms with Gasteiger partial charge < -0.3 is 10.1 Å². The maximum Gasteiger partial charge on any atom is 0.339 e. The summed E-state index contributed by atoms with van der Waals surface area (Å²) in [4.78, 5) is 24.8. The van der Waals surface area contributed by atoms with Gasteiger partial charge in [-0.3, -0.25) is 4.79 Å². The predicted octanol–water partition coefficient (Wildman–Crippen LogP) is 5.84. The molecule has 1 N–H and O–H groups in total. The van der Waals surface area contributed by atoms with Crippen molar-refractivity contribution in [3.8, 4) is 11.1 Å². The van der Waals surface area contributed by atoms with Gasteiger partial charge in [-0.25, -0.2) is 4.79 Å². The molecule has 0 unspecified atom stereocenters. The van der Waals surface area contributed by atoms with Crippen LogP contribution in [0.3, 0.4) is 0 Å². The van der Waals surface area contributed by atoms with Crippen LogP contribution in [0.2, 0.25) is 10.0 Å². The SMILES string of the molecule is C[C@H](OC(=O)c1cc(Cl)cc(Cl)c1)C(=O)Nc1ccccc1-c1ccccc1. The zero-order valence-corrected chi connectivity index (χ0v) is 16.5. The molecule has 0 saturated heterocycles. The highest BCUT2D eigenvalue weighted by Crippen LogP contribution is 2.28. The van der Waals surface area contributed by atoms with E-state index in [1.54, 1.807) is 6.07 Å². The number of hydrogen-bond donors (Lipinski definition) is 1. The van der Waals surface area contributed by atoms with Gasteiger partial charge in [-0.2, -0.15) is 0 Å². The lowest BCUT2D eigenvalue weighted by Gasteiger charge is -2.16. The van der Waals surface area contributed by atoms with Crippen molar-refractivity contribution >= 4 is 40.8 Å². The topological polar surface area (TPSA) is 55.4 Å². The summed E-state index contributed by atoms with van der Waals surface area (Å²) in [6, 6.07) is 21.5. The Morgan fingerprint density at radius 1 is 0.893 bits per heavy atom. The molecule has 0 fully saturated rings. The smallest absolute Gasteiger partial charge is 0.339 e. The van der Waals surface area contributed by atoms with Gasteiger partial charge in [0.1, 0.15) is 0 Å². The first-order valence-electron chi connectivity index (χ1n) is 8.56. The van der Waals surface area contributed by atoms with E-state index in [-0.39, 0.29) is 5.56 Å². The third-order valence-corrected chi connectivity index (χ3v) is 4.46. The standard InChI is InChI=1S/C22H17Cl2NO3/c1-14(28-22(27)16-11-17(23)13-18(24)12-16)21(26)25-20-10-6-5-9-19(20)15-7-3-2-4-8-15/h2-14H,1H3,(H,25,26)/t14-/m0/s1. The third-order valence-electron chi connectivity index (χ3n) is 4.02. The van der Waals surface area contributed by atoms with E-state index in [9.17, 15) is 9.59 Å². The highest BCUT2D eigenvalue weighted by Gasteiger charge is 2.20. The summed E-state index contributed by atoms with van der Waals surface area (Å²) in [6.45, 7) is 1.50. The Morgan fingerprint density at radius 3 is 2.18 bits per heavy atom. The second-order valence-electron chi connectivity index (χ2n) is 6.11. The van der Waals surface area contributed by atoms with Crippen molar-refractivity contribution in [1.29, 1.82) is 0 Å². The van der Waals surface area contributed by atoms with Crippen molar-refractivity contribution in [3.05, 3.63) is 88.4 Å². The molecule has 3 aromatic carbocycles. The van der Waals surface area contributed by atoms with E-state index in [1.807, 2.05) is 48.5 Å². The largest absolute Gasteiger partial charge is 0.449 e. The Kier molecular flexibility index (Phi) is 6.34. The predicted molar refractivity (Wildman–Crippen MR) is 112 cm³/mol. The normalized spacial score (nSPS) is 11.5. The molecule has 0 spiro atoms. The minimum Gasteiger partial charge on any atom is -0.449 e. The van der Waals surface area contributed by atoms with Crippen LogP contribution in [0.4, 0.5) is 5.69 Å². The summed E-state index contributed by atoms with van der Waals surface area (Å²) in [6.07, 6.45) is -1.01. The summed E-state index contributed by atoms with van der Waals surface area (Å²) in [5, 5.41) is 3.45. The van der Waals surface area contributed by atoms with Gasteiger partial charge in [0.2, 0.25) is 0 Å². The average Bonchev–Trinajstić information content (AvgIpc) is 2.68. The number of esters is 1. The molecule has 142 valence electrons. The molecule has 0 aliphatic carbocycles. The third kappa shape index (κ3) is 4.91. The highest BCUT2D eigenvalue weighted by atomic mass is 35.5. The van der Waals surface area contributed by atoms with Crippen LogP contribution in [0.15, 0.2) is 72.8 Å². The van der Waals surface area contributed by atoms with Crippen molar-refractivity contribution in [1.82, 2.24) is 0 Å². The molecule has 0 aliphatic rings. The molecule has 3 aromatic rings. The Hall–Kier alpha value is -2.82. The van der Waals surface area contributed by atoms with E-state index in [4.69, 9.17) is 27.9 Å². The molecule has 0 bridgehead atoms. The first-order chi connectivity index (χ1) is 13.4. The summed E-state index contributed by atoms with van der Waals surface area (Å²) < 4.78 is 5.26. The van der Waals surface area contributed by atoms with Crippen LogP contribution in [-0.4, -0.2) is 18.0 Å². The Balaban J connectivity index is 1.72. The van der Waals surface area contributed by atoms with Gasteiger partial charge in [0.05, 0.1) is 5.56 Å². The lowest BCUT2D eigenvalue weighted by atomic mass is 10.0. The monoisotopic (exact) mass is 413 g/mol. The number of ether oxygens (including phenoxy) is 1. The maximum atomic E-state index is 12.6. The van der Waals surface area contributed by atoms with Gasteiger partial charge in [-0.1, -0.05) is 71.7 Å². The zero-order chi connectivity index (χ0) is 20.1. The second-order valence-corrected chi connectivity index (χ2v) is 6.98. The van der Waals surface area contributed by atoms with Crippen LogP contribution in [0, 0.1) is 0 Å². The Bertz CT molecular complexity index is 985. The van der Waals surface area contributed by atoms with Crippen LogP contribution in [0.1, 0.15) is 17.3 Å². The number of nitrogens with one attached hydrogen (secondary N) is 1. The van der Waals surface area contributed by atoms with Crippen LogP contribution in [-0.2, 0) is 9.53 Å². The minimum atomic E-state index is -1.01. The number of anilines is 1. The molecule has 6 heteroatoms. The number of carbonyl (C=O) groups is 2. The van der Waals surface area contributed by atoms with Crippen molar-refractivity contribution in [2.45, 2.75) is 13.0 Å². The molecular formula is C22H17Cl2NO3. The van der Waals surface area contributed by atoms with E-state index < -0.39 is 18.0 Å². The van der Waals surface area contributed by atoms with Crippen molar-refractivity contribution in [3.63, 3.8) is 0 Å². The van der Waals surface area contributed by atoms with E-state index >= 15 is 0 Å². The quantitative estimate of drug-likeness (QED) is 0.534. The Morgan fingerprint density at radius 2 is 1.50 bits per heavy atom. The van der Waals surface area contributed by atoms with Gasteiger partial charge in [-0.15, -0.1) is 0 Å². The molecule has 3 rings (SSSR count). The molecule has 0 saturated carbocycles.